The topological polar surface area (TPSA) is 69.0 Å². The Kier molecular flexibility index (Phi) is 4.08. The molecule has 0 fully saturated rings. The lowest BCUT2D eigenvalue weighted by molar-refractivity contribution is -0.130. The maximum absolute atomic E-state index is 12.3. The minimum Gasteiger partial charge on any atom is -0.454 e. The number of ether oxygens (including phenoxy) is 2. The van der Waals surface area contributed by atoms with Crippen LogP contribution >= 0.6 is 0 Å². The minimum absolute atomic E-state index is 0.0994. The molecule has 0 N–H and O–H groups in total. The van der Waals surface area contributed by atoms with Crippen molar-refractivity contribution in [2.45, 2.75) is 26.3 Å². The Bertz CT molecular complexity index is 1120. The van der Waals surface area contributed by atoms with Crippen LogP contribution in [0.25, 0.3) is 5.69 Å². The number of rotatable bonds is 3. The van der Waals surface area contributed by atoms with Crippen molar-refractivity contribution in [3.63, 3.8) is 0 Å². The smallest absolute Gasteiger partial charge is 0.240 e. The number of carbonyl (C=O) groups is 1. The summed E-state index contributed by atoms with van der Waals surface area (Å²) in [6.45, 7) is 3.79. The SMILES string of the molecule is CC(=O)N1N=C(c2ccc3c(c2)OCO3)C[C@H]1c1cnn(-c2ccccc2)c1C. The van der Waals surface area contributed by atoms with Gasteiger partial charge in [-0.15, -0.1) is 0 Å². The number of para-hydroxylation sites is 1. The van der Waals surface area contributed by atoms with Gasteiger partial charge in [-0.25, -0.2) is 9.69 Å². The van der Waals surface area contributed by atoms with Crippen molar-refractivity contribution in [2.75, 3.05) is 6.79 Å². The zero-order valence-corrected chi connectivity index (χ0v) is 16.2. The molecular weight excluding hydrogens is 368 g/mol. The van der Waals surface area contributed by atoms with Crippen LogP contribution < -0.4 is 9.47 Å². The minimum atomic E-state index is -0.189. The third-order valence-electron chi connectivity index (χ3n) is 5.35. The third-order valence-corrected chi connectivity index (χ3v) is 5.35. The third kappa shape index (κ3) is 2.95. The summed E-state index contributed by atoms with van der Waals surface area (Å²) in [5, 5.41) is 10.7. The van der Waals surface area contributed by atoms with E-state index in [0.29, 0.717) is 12.2 Å². The van der Waals surface area contributed by atoms with E-state index in [0.717, 1.165) is 34.0 Å². The molecule has 0 spiro atoms. The number of nitrogens with zero attached hydrogens (tertiary/aromatic N) is 4. The van der Waals surface area contributed by atoms with Crippen molar-refractivity contribution >= 4 is 11.6 Å². The summed E-state index contributed by atoms with van der Waals surface area (Å²) in [7, 11) is 0. The molecule has 3 aromatic rings. The van der Waals surface area contributed by atoms with E-state index in [1.807, 2.05) is 66.3 Å². The van der Waals surface area contributed by atoms with E-state index < -0.39 is 0 Å². The molecular formula is C22H20N4O3. The van der Waals surface area contributed by atoms with Gasteiger partial charge in [0.25, 0.3) is 0 Å². The molecule has 5 rings (SSSR count). The number of benzene rings is 2. The van der Waals surface area contributed by atoms with Crippen molar-refractivity contribution < 1.29 is 14.3 Å². The van der Waals surface area contributed by atoms with Crippen LogP contribution in [0.4, 0.5) is 0 Å². The molecule has 0 bridgehead atoms. The highest BCUT2D eigenvalue weighted by Gasteiger charge is 2.34. The first-order valence-corrected chi connectivity index (χ1v) is 9.49. The summed E-state index contributed by atoms with van der Waals surface area (Å²) >= 11 is 0. The molecule has 1 aromatic heterocycles. The average molecular weight is 388 g/mol. The van der Waals surface area contributed by atoms with E-state index >= 15 is 0 Å². The lowest BCUT2D eigenvalue weighted by Crippen LogP contribution is -2.24. The molecule has 1 amide bonds. The summed E-state index contributed by atoms with van der Waals surface area (Å²) in [4.78, 5) is 12.3. The molecule has 1 atom stereocenters. The Hall–Kier alpha value is -3.61. The van der Waals surface area contributed by atoms with Gasteiger partial charge in [0.15, 0.2) is 11.5 Å². The van der Waals surface area contributed by atoms with Crippen LogP contribution in [-0.2, 0) is 4.79 Å². The predicted molar refractivity (Wildman–Crippen MR) is 107 cm³/mol. The molecule has 7 nitrogen and oxygen atoms in total. The van der Waals surface area contributed by atoms with Crippen LogP contribution in [-0.4, -0.2) is 33.2 Å². The van der Waals surface area contributed by atoms with E-state index in [-0.39, 0.29) is 18.7 Å². The zero-order valence-electron chi connectivity index (χ0n) is 16.2. The standard InChI is InChI=1S/C22H20N4O3/c1-14-18(12-23-25(14)17-6-4-3-5-7-17)20-11-19(24-26(20)15(2)27)16-8-9-21-22(10-16)29-13-28-21/h3-10,12,20H,11,13H2,1-2H3/t20-/m0/s1. The lowest BCUT2D eigenvalue weighted by Gasteiger charge is -2.20. The van der Waals surface area contributed by atoms with E-state index in [1.165, 1.54) is 6.92 Å². The normalized spacial score (nSPS) is 17.5. The fourth-order valence-electron chi connectivity index (χ4n) is 3.87. The summed E-state index contributed by atoms with van der Waals surface area (Å²) in [5.41, 5.74) is 4.74. The van der Waals surface area contributed by atoms with Crippen LogP contribution in [0.3, 0.4) is 0 Å². The molecule has 146 valence electrons. The average Bonchev–Trinajstić information content (AvgIpc) is 3.45. The van der Waals surface area contributed by atoms with Crippen molar-refractivity contribution in [3.8, 4) is 17.2 Å². The molecule has 2 aliphatic heterocycles. The predicted octanol–water partition coefficient (Wildman–Crippen LogP) is 3.61. The Balaban J connectivity index is 1.49. The summed E-state index contributed by atoms with van der Waals surface area (Å²) in [5.74, 6) is 1.33. The quantitative estimate of drug-likeness (QED) is 0.687. The Labute approximate surface area is 168 Å². The van der Waals surface area contributed by atoms with Crippen molar-refractivity contribution in [1.29, 1.82) is 0 Å². The molecule has 29 heavy (non-hydrogen) atoms. The van der Waals surface area contributed by atoms with E-state index in [9.17, 15) is 4.79 Å². The van der Waals surface area contributed by atoms with Gasteiger partial charge in [-0.05, 0) is 37.3 Å². The molecule has 2 aliphatic rings. The highest BCUT2D eigenvalue weighted by Crippen LogP contribution is 2.38. The summed E-state index contributed by atoms with van der Waals surface area (Å²) in [6, 6.07) is 15.5. The maximum Gasteiger partial charge on any atom is 0.240 e. The summed E-state index contributed by atoms with van der Waals surface area (Å²) in [6.07, 6.45) is 2.45. The van der Waals surface area contributed by atoms with Gasteiger partial charge < -0.3 is 9.47 Å². The van der Waals surface area contributed by atoms with Gasteiger partial charge in [0, 0.05) is 30.2 Å². The Morgan fingerprint density at radius 3 is 2.69 bits per heavy atom. The second-order valence-electron chi connectivity index (χ2n) is 7.13. The first-order valence-electron chi connectivity index (χ1n) is 9.49. The maximum atomic E-state index is 12.3. The van der Waals surface area contributed by atoms with Crippen LogP contribution in [0.1, 0.15) is 36.2 Å². The van der Waals surface area contributed by atoms with Crippen LogP contribution in [0, 0.1) is 6.92 Å². The molecule has 3 heterocycles. The van der Waals surface area contributed by atoms with E-state index in [4.69, 9.17) is 9.47 Å². The Morgan fingerprint density at radius 2 is 1.90 bits per heavy atom. The van der Waals surface area contributed by atoms with Gasteiger partial charge in [-0.2, -0.15) is 10.2 Å². The zero-order chi connectivity index (χ0) is 20.0. The molecule has 2 aromatic carbocycles. The molecule has 0 aliphatic carbocycles. The molecule has 0 radical (unpaired) electrons. The molecule has 0 saturated heterocycles. The number of hydrogen-bond donors (Lipinski definition) is 0. The number of hydrazone groups is 1. The van der Waals surface area contributed by atoms with Crippen molar-refractivity contribution in [3.05, 3.63) is 71.5 Å². The second-order valence-corrected chi connectivity index (χ2v) is 7.13. The van der Waals surface area contributed by atoms with Gasteiger partial charge in [-0.1, -0.05) is 18.2 Å². The second kappa shape index (κ2) is 6.77. The number of hydrogen-bond acceptors (Lipinski definition) is 5. The van der Waals surface area contributed by atoms with Gasteiger partial charge >= 0.3 is 0 Å². The highest BCUT2D eigenvalue weighted by molar-refractivity contribution is 6.03. The van der Waals surface area contributed by atoms with Crippen LogP contribution in [0.15, 0.2) is 59.8 Å². The van der Waals surface area contributed by atoms with Gasteiger partial charge in [0.1, 0.15) is 0 Å². The number of fused-ring (bicyclic) bond motifs is 1. The lowest BCUT2D eigenvalue weighted by atomic mass is 9.98. The van der Waals surface area contributed by atoms with E-state index in [1.54, 1.807) is 5.01 Å². The first-order chi connectivity index (χ1) is 14.1. The highest BCUT2D eigenvalue weighted by atomic mass is 16.7. The Morgan fingerprint density at radius 1 is 1.10 bits per heavy atom. The largest absolute Gasteiger partial charge is 0.454 e. The van der Waals surface area contributed by atoms with Gasteiger partial charge in [-0.3, -0.25) is 4.79 Å². The molecule has 7 heteroatoms. The number of aromatic nitrogens is 2. The van der Waals surface area contributed by atoms with Gasteiger partial charge in [0.05, 0.1) is 23.6 Å². The first kappa shape index (κ1) is 17.5. The number of amides is 1. The van der Waals surface area contributed by atoms with Crippen LogP contribution in [0.2, 0.25) is 0 Å². The number of carbonyl (C=O) groups excluding carboxylic acids is 1. The fourth-order valence-corrected chi connectivity index (χ4v) is 3.87. The fraction of sp³-hybridized carbons (Fsp3) is 0.227. The van der Waals surface area contributed by atoms with Crippen molar-refractivity contribution in [1.82, 2.24) is 14.8 Å². The van der Waals surface area contributed by atoms with Crippen LogP contribution in [0.5, 0.6) is 11.5 Å². The summed E-state index contributed by atoms with van der Waals surface area (Å²) < 4.78 is 12.8. The van der Waals surface area contributed by atoms with Crippen molar-refractivity contribution in [2.24, 2.45) is 5.10 Å². The molecule has 0 unspecified atom stereocenters. The van der Waals surface area contributed by atoms with E-state index in [2.05, 4.69) is 10.2 Å². The van der Waals surface area contributed by atoms with Gasteiger partial charge in [0.2, 0.25) is 12.7 Å². The molecule has 0 saturated carbocycles. The monoisotopic (exact) mass is 388 g/mol.